The molecule has 2 aromatic rings. The second-order valence-electron chi connectivity index (χ2n) is 7.82. The van der Waals surface area contributed by atoms with Crippen LogP contribution in [-0.2, 0) is 11.3 Å². The molecule has 2 aromatic carbocycles. The van der Waals surface area contributed by atoms with Crippen molar-refractivity contribution in [2.45, 2.75) is 50.6 Å². The minimum Gasteiger partial charge on any atom is -0.497 e. The van der Waals surface area contributed by atoms with Gasteiger partial charge in [0, 0.05) is 23.9 Å². The molecular weight excluding hydrogens is 424 g/mol. The molecule has 0 aliphatic carbocycles. The van der Waals surface area contributed by atoms with Gasteiger partial charge in [0.15, 0.2) is 0 Å². The summed E-state index contributed by atoms with van der Waals surface area (Å²) < 4.78 is 10.7. The van der Waals surface area contributed by atoms with Crippen LogP contribution in [0.15, 0.2) is 48.5 Å². The topological polar surface area (TPSA) is 67.9 Å². The molecule has 1 aliphatic rings. The fourth-order valence-electron chi connectivity index (χ4n) is 3.81. The molecule has 2 atom stereocenters. The van der Waals surface area contributed by atoms with Gasteiger partial charge in [0.05, 0.1) is 19.6 Å². The molecule has 1 saturated heterocycles. The van der Waals surface area contributed by atoms with Gasteiger partial charge in [-0.05, 0) is 24.1 Å². The van der Waals surface area contributed by atoms with Crippen LogP contribution in [0, 0.1) is 0 Å². The monoisotopic (exact) mass is 456 g/mol. The van der Waals surface area contributed by atoms with Crippen LogP contribution in [0.3, 0.4) is 0 Å². The lowest BCUT2D eigenvalue weighted by molar-refractivity contribution is -0.125. The number of unbranched alkanes of at least 4 members (excludes halogenated alkanes) is 2. The number of amides is 2. The molecule has 6 nitrogen and oxygen atoms in total. The molecule has 0 saturated carbocycles. The van der Waals surface area contributed by atoms with Gasteiger partial charge in [0.2, 0.25) is 5.91 Å². The van der Waals surface area contributed by atoms with Gasteiger partial charge in [-0.15, -0.1) is 11.8 Å². The van der Waals surface area contributed by atoms with Gasteiger partial charge in [-0.3, -0.25) is 9.59 Å². The normalized spacial score (nSPS) is 17.8. The second kappa shape index (κ2) is 11.8. The number of rotatable bonds is 10. The summed E-state index contributed by atoms with van der Waals surface area (Å²) in [7, 11) is 3.12. The Morgan fingerprint density at radius 3 is 2.38 bits per heavy atom. The highest BCUT2D eigenvalue weighted by Gasteiger charge is 2.41. The minimum atomic E-state index is -0.514. The Labute approximate surface area is 194 Å². The van der Waals surface area contributed by atoms with Crippen molar-refractivity contribution >= 4 is 23.6 Å². The Kier molecular flexibility index (Phi) is 8.85. The summed E-state index contributed by atoms with van der Waals surface area (Å²) in [5, 5.41) is 2.99. The average Bonchev–Trinajstić information content (AvgIpc) is 3.26. The summed E-state index contributed by atoms with van der Waals surface area (Å²) in [6.07, 6.45) is 4.11. The van der Waals surface area contributed by atoms with E-state index in [1.165, 1.54) is 0 Å². The molecule has 172 valence electrons. The number of ether oxygens (including phenoxy) is 2. The predicted molar refractivity (Wildman–Crippen MR) is 128 cm³/mol. The number of nitrogens with one attached hydrogen (secondary N) is 1. The van der Waals surface area contributed by atoms with Crippen LogP contribution >= 0.6 is 11.8 Å². The summed E-state index contributed by atoms with van der Waals surface area (Å²) in [4.78, 5) is 28.5. The summed E-state index contributed by atoms with van der Waals surface area (Å²) in [5.41, 5.74) is 1.49. The fraction of sp³-hybridized carbons (Fsp3) is 0.440. The lowest BCUT2D eigenvalue weighted by atomic mass is 10.1. The van der Waals surface area contributed by atoms with E-state index in [1.54, 1.807) is 49.1 Å². The third kappa shape index (κ3) is 5.97. The van der Waals surface area contributed by atoms with Gasteiger partial charge in [-0.1, -0.05) is 56.5 Å². The first-order chi connectivity index (χ1) is 15.6. The van der Waals surface area contributed by atoms with E-state index in [-0.39, 0.29) is 17.2 Å². The zero-order chi connectivity index (χ0) is 22.9. The van der Waals surface area contributed by atoms with Crippen LogP contribution < -0.4 is 14.8 Å². The zero-order valence-electron chi connectivity index (χ0n) is 19.0. The largest absolute Gasteiger partial charge is 0.497 e. The molecule has 1 heterocycles. The van der Waals surface area contributed by atoms with Crippen molar-refractivity contribution in [3.8, 4) is 11.5 Å². The number of nitrogens with zero attached hydrogens (tertiary/aromatic N) is 1. The average molecular weight is 457 g/mol. The number of carbonyl (C=O) groups is 2. The number of thioether (sulfide) groups is 1. The van der Waals surface area contributed by atoms with Crippen LogP contribution in [0.4, 0.5) is 0 Å². The SMILES string of the molecule is CCCCCC1SCC(C(=O)NCc2ccccc2)N1C(=O)c1cc(OC)cc(OC)c1. The maximum absolute atomic E-state index is 13.6. The van der Waals surface area contributed by atoms with E-state index in [1.807, 2.05) is 30.3 Å². The molecule has 3 rings (SSSR count). The Hall–Kier alpha value is -2.67. The first kappa shape index (κ1) is 24.0. The lowest BCUT2D eigenvalue weighted by Crippen LogP contribution is -2.49. The Bertz CT molecular complexity index is 884. The van der Waals surface area contributed by atoms with E-state index in [9.17, 15) is 9.59 Å². The van der Waals surface area contributed by atoms with Crippen molar-refractivity contribution in [1.82, 2.24) is 10.2 Å². The first-order valence-electron chi connectivity index (χ1n) is 11.1. The molecule has 7 heteroatoms. The fourth-order valence-corrected chi connectivity index (χ4v) is 5.27. The van der Waals surface area contributed by atoms with Crippen LogP contribution in [0.1, 0.15) is 48.5 Å². The highest BCUT2D eigenvalue weighted by molar-refractivity contribution is 8.00. The van der Waals surface area contributed by atoms with E-state index in [4.69, 9.17) is 9.47 Å². The van der Waals surface area contributed by atoms with Crippen LogP contribution in [0.25, 0.3) is 0 Å². The van der Waals surface area contributed by atoms with Crippen molar-refractivity contribution in [1.29, 1.82) is 0 Å². The van der Waals surface area contributed by atoms with Crippen molar-refractivity contribution in [3.63, 3.8) is 0 Å². The number of methoxy groups -OCH3 is 2. The maximum atomic E-state index is 13.6. The number of carbonyl (C=O) groups excluding carboxylic acids is 2. The lowest BCUT2D eigenvalue weighted by Gasteiger charge is -2.29. The highest BCUT2D eigenvalue weighted by Crippen LogP contribution is 2.35. The molecule has 0 bridgehead atoms. The second-order valence-corrected chi connectivity index (χ2v) is 9.03. The molecule has 1 aliphatic heterocycles. The standard InChI is InChI=1S/C25H32N2O4S/c1-4-5-7-12-23-27(25(29)19-13-20(30-2)15-21(14-19)31-3)22(17-32-23)24(28)26-16-18-10-8-6-9-11-18/h6,8-11,13-15,22-23H,4-5,7,12,16-17H2,1-3H3,(H,26,28). The third-order valence-electron chi connectivity index (χ3n) is 5.59. The van der Waals surface area contributed by atoms with Crippen LogP contribution in [-0.4, -0.2) is 48.1 Å². The molecule has 0 radical (unpaired) electrons. The zero-order valence-corrected chi connectivity index (χ0v) is 19.8. The van der Waals surface area contributed by atoms with Crippen LogP contribution in [0.2, 0.25) is 0 Å². The van der Waals surface area contributed by atoms with Crippen molar-refractivity contribution in [3.05, 3.63) is 59.7 Å². The quantitative estimate of drug-likeness (QED) is 0.534. The summed E-state index contributed by atoms with van der Waals surface area (Å²) in [5.74, 6) is 1.39. The Balaban J connectivity index is 1.81. The van der Waals surface area contributed by atoms with Gasteiger partial charge >= 0.3 is 0 Å². The first-order valence-corrected chi connectivity index (χ1v) is 12.1. The van der Waals surface area contributed by atoms with Crippen LogP contribution in [0.5, 0.6) is 11.5 Å². The maximum Gasteiger partial charge on any atom is 0.255 e. The van der Waals surface area contributed by atoms with Crippen molar-refractivity contribution in [2.24, 2.45) is 0 Å². The molecule has 32 heavy (non-hydrogen) atoms. The van der Waals surface area contributed by atoms with E-state index in [0.717, 1.165) is 31.2 Å². The molecule has 2 amide bonds. The molecule has 0 aromatic heterocycles. The van der Waals surface area contributed by atoms with Gasteiger partial charge in [-0.25, -0.2) is 0 Å². The van der Waals surface area contributed by atoms with Gasteiger partial charge < -0.3 is 19.7 Å². The Morgan fingerprint density at radius 2 is 1.75 bits per heavy atom. The molecule has 1 fully saturated rings. The van der Waals surface area contributed by atoms with Crippen molar-refractivity contribution < 1.29 is 19.1 Å². The smallest absolute Gasteiger partial charge is 0.255 e. The molecule has 2 unspecified atom stereocenters. The van der Waals surface area contributed by atoms with Gasteiger partial charge in [0.25, 0.3) is 5.91 Å². The molecule has 0 spiro atoms. The summed E-state index contributed by atoms with van der Waals surface area (Å²) in [6.45, 7) is 2.60. The predicted octanol–water partition coefficient (Wildman–Crippen LogP) is 4.48. The summed E-state index contributed by atoms with van der Waals surface area (Å²) in [6, 6.07) is 14.4. The molecule has 1 N–H and O–H groups in total. The van der Waals surface area contributed by atoms with E-state index in [0.29, 0.717) is 29.4 Å². The Morgan fingerprint density at radius 1 is 1.06 bits per heavy atom. The highest BCUT2D eigenvalue weighted by atomic mass is 32.2. The van der Waals surface area contributed by atoms with Gasteiger partial charge in [-0.2, -0.15) is 0 Å². The van der Waals surface area contributed by atoms with Crippen molar-refractivity contribution in [2.75, 3.05) is 20.0 Å². The van der Waals surface area contributed by atoms with E-state index >= 15 is 0 Å². The number of hydrogen-bond donors (Lipinski definition) is 1. The number of benzene rings is 2. The summed E-state index contributed by atoms with van der Waals surface area (Å²) >= 11 is 1.68. The minimum absolute atomic E-state index is 0.0290. The third-order valence-corrected chi connectivity index (χ3v) is 6.95. The van der Waals surface area contributed by atoms with E-state index < -0.39 is 6.04 Å². The molecular formula is C25H32N2O4S. The van der Waals surface area contributed by atoms with Gasteiger partial charge in [0.1, 0.15) is 17.5 Å². The number of hydrogen-bond acceptors (Lipinski definition) is 5. The van der Waals surface area contributed by atoms with E-state index in [2.05, 4.69) is 12.2 Å².